The van der Waals surface area contributed by atoms with Crippen molar-refractivity contribution in [2.75, 3.05) is 13.2 Å². The van der Waals surface area contributed by atoms with E-state index < -0.39 is 18.0 Å². The highest BCUT2D eigenvalue weighted by Gasteiger charge is 2.27. The molecule has 7 heteroatoms. The van der Waals surface area contributed by atoms with Crippen LogP contribution in [-0.4, -0.2) is 48.2 Å². The highest BCUT2D eigenvalue weighted by molar-refractivity contribution is 5.86. The van der Waals surface area contributed by atoms with Gasteiger partial charge in [-0.25, -0.2) is 0 Å². The maximum Gasteiger partial charge on any atom is 0.309 e. The van der Waals surface area contributed by atoms with Gasteiger partial charge in [0.15, 0.2) is 0 Å². The molecule has 0 saturated carbocycles. The number of carbonyl (C=O) groups excluding carboxylic acids is 3. The van der Waals surface area contributed by atoms with E-state index in [-0.39, 0.29) is 49.3 Å². The summed E-state index contributed by atoms with van der Waals surface area (Å²) in [7, 11) is 0. The third-order valence-electron chi connectivity index (χ3n) is 7.08. The van der Waals surface area contributed by atoms with Crippen LogP contribution in [0, 0.1) is 17.8 Å². The molecule has 2 aromatic rings. The second-order valence-corrected chi connectivity index (χ2v) is 10.8. The van der Waals surface area contributed by atoms with Crippen LogP contribution in [0.25, 0.3) is 0 Å². The van der Waals surface area contributed by atoms with Crippen molar-refractivity contribution in [3.05, 3.63) is 97.1 Å². The van der Waals surface area contributed by atoms with Gasteiger partial charge in [0, 0.05) is 6.42 Å². The molecule has 0 radical (unpaired) electrons. The van der Waals surface area contributed by atoms with Crippen LogP contribution in [0.1, 0.15) is 50.7 Å². The van der Waals surface area contributed by atoms with Crippen LogP contribution >= 0.6 is 0 Å². The molecule has 2 rings (SSSR count). The van der Waals surface area contributed by atoms with Gasteiger partial charge in [-0.15, -0.1) is 13.2 Å². The van der Waals surface area contributed by atoms with Gasteiger partial charge in [-0.05, 0) is 49.1 Å². The van der Waals surface area contributed by atoms with Gasteiger partial charge < -0.3 is 20.5 Å². The van der Waals surface area contributed by atoms with Crippen LogP contribution in [-0.2, 0) is 32.0 Å². The van der Waals surface area contributed by atoms with Gasteiger partial charge in [-0.1, -0.05) is 86.7 Å². The number of allylic oxidation sites excluding steroid dienone is 2. The minimum absolute atomic E-state index is 0.00431. The number of aliphatic hydroxyl groups excluding tert-OH is 1. The maximum absolute atomic E-state index is 13.3. The molecule has 0 aromatic heterocycles. The smallest absolute Gasteiger partial charge is 0.309 e. The summed E-state index contributed by atoms with van der Waals surface area (Å²) in [6.07, 6.45) is 6.06. The lowest BCUT2D eigenvalue weighted by Gasteiger charge is -2.26. The molecule has 0 unspecified atom stereocenters. The normalized spacial score (nSPS) is 13.9. The zero-order chi connectivity index (χ0) is 30.0. The predicted octanol–water partition coefficient (Wildman–Crippen LogP) is 4.80. The van der Waals surface area contributed by atoms with E-state index in [1.165, 1.54) is 0 Å². The summed E-state index contributed by atoms with van der Waals surface area (Å²) < 4.78 is 5.73. The highest BCUT2D eigenvalue weighted by atomic mass is 16.5. The summed E-state index contributed by atoms with van der Waals surface area (Å²) in [4.78, 5) is 39.1. The first-order chi connectivity index (χ1) is 19.8. The summed E-state index contributed by atoms with van der Waals surface area (Å²) in [5.74, 6) is -1.88. The molecule has 0 fully saturated rings. The number of esters is 1. The second kappa shape index (κ2) is 18.6. The maximum atomic E-state index is 13.3. The van der Waals surface area contributed by atoms with Crippen molar-refractivity contribution in [3.63, 3.8) is 0 Å². The number of hydrogen-bond donors (Lipinski definition) is 3. The quantitative estimate of drug-likeness (QED) is 0.169. The SMILES string of the molecule is C=CCC[C@H](Cc1ccccc1)C(=O)OC[C@@H](NC(=O)[C@H](CC=C)CC(=O)N[C@@H](CO)Cc1ccccc1)C(C)C. The molecule has 0 aliphatic carbocycles. The summed E-state index contributed by atoms with van der Waals surface area (Å²) in [6, 6.07) is 18.5. The molecule has 4 atom stereocenters. The van der Waals surface area contributed by atoms with Crippen molar-refractivity contribution < 1.29 is 24.2 Å². The number of ether oxygens (including phenoxy) is 1. The molecule has 0 heterocycles. The Balaban J connectivity index is 1.97. The second-order valence-electron chi connectivity index (χ2n) is 10.8. The topological polar surface area (TPSA) is 105 Å². The molecule has 222 valence electrons. The van der Waals surface area contributed by atoms with E-state index in [1.54, 1.807) is 12.2 Å². The van der Waals surface area contributed by atoms with Crippen molar-refractivity contribution in [2.24, 2.45) is 17.8 Å². The molecule has 2 amide bonds. The van der Waals surface area contributed by atoms with Crippen LogP contribution in [0.3, 0.4) is 0 Å². The van der Waals surface area contributed by atoms with E-state index in [9.17, 15) is 19.5 Å². The van der Waals surface area contributed by atoms with E-state index in [0.717, 1.165) is 11.1 Å². The number of aliphatic hydroxyl groups is 1. The van der Waals surface area contributed by atoms with E-state index in [2.05, 4.69) is 23.8 Å². The number of benzene rings is 2. The van der Waals surface area contributed by atoms with E-state index in [4.69, 9.17) is 4.74 Å². The Hall–Kier alpha value is -3.71. The third kappa shape index (κ3) is 12.6. The van der Waals surface area contributed by atoms with E-state index in [0.29, 0.717) is 32.1 Å². The molecular formula is C34H46N2O5. The molecule has 0 bridgehead atoms. The van der Waals surface area contributed by atoms with Gasteiger partial charge in [0.1, 0.15) is 6.61 Å². The van der Waals surface area contributed by atoms with Crippen molar-refractivity contribution in [3.8, 4) is 0 Å². The average molecular weight is 563 g/mol. The number of amides is 2. The lowest BCUT2D eigenvalue weighted by molar-refractivity contribution is -0.150. The van der Waals surface area contributed by atoms with Gasteiger partial charge in [0.05, 0.1) is 30.5 Å². The number of hydrogen-bond acceptors (Lipinski definition) is 5. The number of rotatable bonds is 19. The predicted molar refractivity (Wildman–Crippen MR) is 163 cm³/mol. The first-order valence-electron chi connectivity index (χ1n) is 14.4. The Kier molecular flexibility index (Phi) is 15.2. The Labute approximate surface area is 245 Å². The van der Waals surface area contributed by atoms with Crippen molar-refractivity contribution in [2.45, 2.75) is 64.5 Å². The minimum atomic E-state index is -0.640. The summed E-state index contributed by atoms with van der Waals surface area (Å²) >= 11 is 0. The van der Waals surface area contributed by atoms with Crippen LogP contribution < -0.4 is 10.6 Å². The van der Waals surface area contributed by atoms with E-state index in [1.807, 2.05) is 74.5 Å². The first kappa shape index (κ1) is 33.5. The van der Waals surface area contributed by atoms with Gasteiger partial charge in [-0.2, -0.15) is 0 Å². The lowest BCUT2D eigenvalue weighted by atomic mass is 9.94. The van der Waals surface area contributed by atoms with Gasteiger partial charge in [0.2, 0.25) is 11.8 Å². The van der Waals surface area contributed by atoms with Gasteiger partial charge >= 0.3 is 5.97 Å². The molecule has 0 aliphatic heterocycles. The molecule has 41 heavy (non-hydrogen) atoms. The molecule has 0 saturated heterocycles. The van der Waals surface area contributed by atoms with E-state index >= 15 is 0 Å². The Bertz CT molecular complexity index is 1090. The number of nitrogens with one attached hydrogen (secondary N) is 2. The van der Waals surface area contributed by atoms with Crippen LogP contribution in [0.2, 0.25) is 0 Å². The monoisotopic (exact) mass is 562 g/mol. The fraction of sp³-hybridized carbons (Fsp3) is 0.441. The lowest BCUT2D eigenvalue weighted by Crippen LogP contribution is -2.47. The summed E-state index contributed by atoms with van der Waals surface area (Å²) in [5, 5.41) is 15.6. The largest absolute Gasteiger partial charge is 0.463 e. The molecule has 7 nitrogen and oxygen atoms in total. The third-order valence-corrected chi connectivity index (χ3v) is 7.08. The van der Waals surface area contributed by atoms with Crippen LogP contribution in [0.4, 0.5) is 0 Å². The molecule has 0 spiro atoms. The van der Waals surface area contributed by atoms with Crippen molar-refractivity contribution >= 4 is 17.8 Å². The first-order valence-corrected chi connectivity index (χ1v) is 14.4. The van der Waals surface area contributed by atoms with Crippen molar-refractivity contribution in [1.29, 1.82) is 0 Å². The Morgan fingerprint density at radius 3 is 2.02 bits per heavy atom. The Morgan fingerprint density at radius 1 is 0.878 bits per heavy atom. The highest BCUT2D eigenvalue weighted by Crippen LogP contribution is 2.18. The summed E-state index contributed by atoms with van der Waals surface area (Å²) in [6.45, 7) is 11.2. The molecular weight excluding hydrogens is 516 g/mol. The molecule has 0 aliphatic rings. The van der Waals surface area contributed by atoms with Gasteiger partial charge in [-0.3, -0.25) is 14.4 Å². The van der Waals surface area contributed by atoms with Crippen LogP contribution in [0.15, 0.2) is 86.0 Å². The fourth-order valence-corrected chi connectivity index (χ4v) is 4.57. The van der Waals surface area contributed by atoms with Crippen molar-refractivity contribution in [1.82, 2.24) is 10.6 Å². The zero-order valence-corrected chi connectivity index (χ0v) is 24.5. The Morgan fingerprint density at radius 2 is 1.49 bits per heavy atom. The zero-order valence-electron chi connectivity index (χ0n) is 24.5. The fourth-order valence-electron chi connectivity index (χ4n) is 4.57. The number of carbonyl (C=O) groups is 3. The van der Waals surface area contributed by atoms with Gasteiger partial charge in [0.25, 0.3) is 0 Å². The molecule has 3 N–H and O–H groups in total. The molecule has 2 aromatic carbocycles. The average Bonchev–Trinajstić information content (AvgIpc) is 2.97. The minimum Gasteiger partial charge on any atom is -0.463 e. The van der Waals surface area contributed by atoms with Crippen LogP contribution in [0.5, 0.6) is 0 Å². The summed E-state index contributed by atoms with van der Waals surface area (Å²) in [5.41, 5.74) is 2.06. The standard InChI is InChI=1S/C34H46N2O5/c1-5-7-19-29(20-26-15-10-8-11-16-26)34(40)41-24-31(25(3)4)36-33(39)28(14-6-2)22-32(38)35-30(23-37)21-27-17-12-9-13-18-27/h5-6,8-13,15-18,25,28-31,37H,1-2,7,14,19-24H2,3-4H3,(H,35,38)(H,36,39)/t28-,29-,30-,31-/m1/s1.